The van der Waals surface area contributed by atoms with Crippen molar-refractivity contribution in [3.8, 4) is 6.07 Å². The molecule has 2 rings (SSSR count). The van der Waals surface area contributed by atoms with Crippen molar-refractivity contribution >= 4 is 38.9 Å². The van der Waals surface area contributed by atoms with E-state index < -0.39 is 10.0 Å². The lowest BCUT2D eigenvalue weighted by atomic mass is 10.2. The summed E-state index contributed by atoms with van der Waals surface area (Å²) >= 11 is 12.1. The number of benzene rings is 2. The van der Waals surface area contributed by atoms with Crippen molar-refractivity contribution in [1.82, 2.24) is 0 Å². The van der Waals surface area contributed by atoms with E-state index in [2.05, 4.69) is 4.72 Å². The van der Waals surface area contributed by atoms with Gasteiger partial charge >= 0.3 is 0 Å². The van der Waals surface area contributed by atoms with Gasteiger partial charge in [-0.25, -0.2) is 8.42 Å². The Morgan fingerprint density at radius 2 is 1.90 bits per heavy atom. The maximum absolute atomic E-state index is 12.3. The molecule has 0 bridgehead atoms. The van der Waals surface area contributed by atoms with Crippen LogP contribution in [0.15, 0.2) is 41.3 Å². The highest BCUT2D eigenvalue weighted by Crippen LogP contribution is 2.34. The zero-order chi connectivity index (χ0) is 15.6. The highest BCUT2D eigenvalue weighted by molar-refractivity contribution is 7.92. The van der Waals surface area contributed by atoms with Crippen LogP contribution in [0.1, 0.15) is 11.1 Å². The third-order valence-corrected chi connectivity index (χ3v) is 4.94. The number of hydrogen-bond acceptors (Lipinski definition) is 3. The lowest BCUT2D eigenvalue weighted by molar-refractivity contribution is 0.601. The number of nitrogens with one attached hydrogen (secondary N) is 1. The van der Waals surface area contributed by atoms with Gasteiger partial charge in [0.2, 0.25) is 0 Å². The molecule has 0 atom stereocenters. The summed E-state index contributed by atoms with van der Waals surface area (Å²) in [6.45, 7) is 1.74. The molecule has 0 heterocycles. The van der Waals surface area contributed by atoms with Gasteiger partial charge in [-0.2, -0.15) is 5.26 Å². The predicted octanol–water partition coefficient (Wildman–Crippen LogP) is 3.97. The summed E-state index contributed by atoms with van der Waals surface area (Å²) < 4.78 is 27.1. The summed E-state index contributed by atoms with van der Waals surface area (Å²) in [6.07, 6.45) is 0. The van der Waals surface area contributed by atoms with Crippen molar-refractivity contribution in [3.05, 3.63) is 57.6 Å². The molecule has 0 saturated heterocycles. The first kappa shape index (κ1) is 15.6. The Hall–Kier alpha value is -1.74. The second-order valence-corrected chi connectivity index (χ2v) is 6.77. The molecule has 2 aromatic carbocycles. The number of hydrogen-bond donors (Lipinski definition) is 1. The minimum Gasteiger partial charge on any atom is -0.277 e. The predicted molar refractivity (Wildman–Crippen MR) is 83.2 cm³/mol. The Balaban J connectivity index is 2.48. The molecule has 0 spiro atoms. The van der Waals surface area contributed by atoms with Crippen molar-refractivity contribution in [1.29, 1.82) is 5.26 Å². The van der Waals surface area contributed by atoms with E-state index in [1.165, 1.54) is 24.3 Å². The van der Waals surface area contributed by atoms with Crippen LogP contribution in [0.4, 0.5) is 5.69 Å². The largest absolute Gasteiger partial charge is 0.277 e. The summed E-state index contributed by atoms with van der Waals surface area (Å²) in [5.74, 6) is 0. The van der Waals surface area contributed by atoms with Crippen LogP contribution in [-0.4, -0.2) is 8.42 Å². The average molecular weight is 341 g/mol. The Bertz CT molecular complexity index is 843. The fourth-order valence-corrected chi connectivity index (χ4v) is 3.39. The summed E-state index contributed by atoms with van der Waals surface area (Å²) in [6, 6.07) is 10.8. The normalized spacial score (nSPS) is 11.0. The molecule has 0 radical (unpaired) electrons. The summed E-state index contributed by atoms with van der Waals surface area (Å²) in [5.41, 5.74) is 1.07. The van der Waals surface area contributed by atoms with E-state index in [4.69, 9.17) is 28.5 Å². The number of aryl methyl sites for hydroxylation is 1. The first-order valence-electron chi connectivity index (χ1n) is 5.83. The van der Waals surface area contributed by atoms with Crippen molar-refractivity contribution < 1.29 is 8.42 Å². The number of sulfonamides is 1. The van der Waals surface area contributed by atoms with E-state index in [-0.39, 0.29) is 26.2 Å². The second kappa shape index (κ2) is 5.94. The van der Waals surface area contributed by atoms with Crippen molar-refractivity contribution in [2.75, 3.05) is 4.72 Å². The van der Waals surface area contributed by atoms with E-state index in [0.29, 0.717) is 5.56 Å². The second-order valence-electron chi connectivity index (χ2n) is 4.30. The van der Waals surface area contributed by atoms with Gasteiger partial charge in [-0.1, -0.05) is 35.3 Å². The highest BCUT2D eigenvalue weighted by Gasteiger charge is 2.19. The third kappa shape index (κ3) is 3.30. The average Bonchev–Trinajstić information content (AvgIpc) is 2.48. The molecule has 0 unspecified atom stereocenters. The molecular formula is C14H10Cl2N2O2S. The van der Waals surface area contributed by atoms with Gasteiger partial charge in [0.25, 0.3) is 10.0 Å². The molecule has 0 aliphatic heterocycles. The highest BCUT2D eigenvalue weighted by atomic mass is 35.5. The van der Waals surface area contributed by atoms with Gasteiger partial charge in [-0.3, -0.25) is 4.72 Å². The Labute approximate surface area is 133 Å². The topological polar surface area (TPSA) is 70.0 Å². The lowest BCUT2D eigenvalue weighted by Gasteiger charge is -2.12. The molecule has 0 aliphatic carbocycles. The van der Waals surface area contributed by atoms with Crippen LogP contribution in [0.3, 0.4) is 0 Å². The van der Waals surface area contributed by atoms with E-state index >= 15 is 0 Å². The van der Waals surface area contributed by atoms with Crippen LogP contribution in [-0.2, 0) is 10.0 Å². The molecule has 2 aromatic rings. The van der Waals surface area contributed by atoms with Gasteiger partial charge in [-0.05, 0) is 36.8 Å². The van der Waals surface area contributed by atoms with Gasteiger partial charge in [0.15, 0.2) is 0 Å². The maximum atomic E-state index is 12.3. The van der Waals surface area contributed by atoms with Gasteiger partial charge in [0, 0.05) is 0 Å². The molecule has 108 valence electrons. The van der Waals surface area contributed by atoms with Crippen molar-refractivity contribution in [2.45, 2.75) is 11.8 Å². The van der Waals surface area contributed by atoms with Crippen LogP contribution >= 0.6 is 23.2 Å². The zero-order valence-corrected chi connectivity index (χ0v) is 13.2. The van der Waals surface area contributed by atoms with Gasteiger partial charge in [0.05, 0.1) is 32.3 Å². The van der Waals surface area contributed by atoms with E-state index in [1.807, 2.05) is 6.07 Å². The Morgan fingerprint density at radius 1 is 1.19 bits per heavy atom. The minimum atomic E-state index is -3.88. The molecule has 0 saturated carbocycles. The quantitative estimate of drug-likeness (QED) is 0.918. The van der Waals surface area contributed by atoms with Crippen LogP contribution in [0.25, 0.3) is 0 Å². The molecule has 21 heavy (non-hydrogen) atoms. The minimum absolute atomic E-state index is 0.0322. The first-order valence-corrected chi connectivity index (χ1v) is 8.06. The monoisotopic (exact) mass is 340 g/mol. The lowest BCUT2D eigenvalue weighted by Crippen LogP contribution is -2.14. The SMILES string of the molecule is Cc1ccc(Cl)c(NS(=O)(=O)c2cccc(C#N)c2)c1Cl. The number of halogens is 2. The van der Waals surface area contributed by atoms with Gasteiger partial charge in [-0.15, -0.1) is 0 Å². The number of nitrogens with zero attached hydrogens (tertiary/aromatic N) is 1. The Morgan fingerprint density at radius 3 is 2.57 bits per heavy atom. The summed E-state index contributed by atoms with van der Waals surface area (Å²) in [4.78, 5) is -0.0322. The van der Waals surface area contributed by atoms with Crippen LogP contribution < -0.4 is 4.72 Å². The van der Waals surface area contributed by atoms with Crippen molar-refractivity contribution in [2.24, 2.45) is 0 Å². The van der Waals surface area contributed by atoms with Gasteiger partial charge in [0.1, 0.15) is 0 Å². The third-order valence-electron chi connectivity index (χ3n) is 2.79. The molecule has 4 nitrogen and oxygen atoms in total. The number of nitriles is 1. The maximum Gasteiger partial charge on any atom is 0.262 e. The first-order chi connectivity index (χ1) is 9.85. The molecule has 0 amide bonds. The van der Waals surface area contributed by atoms with E-state index in [1.54, 1.807) is 19.1 Å². The zero-order valence-electron chi connectivity index (χ0n) is 10.9. The molecule has 0 fully saturated rings. The fourth-order valence-electron chi connectivity index (χ4n) is 1.68. The van der Waals surface area contributed by atoms with E-state index in [0.717, 1.165) is 0 Å². The molecular weight excluding hydrogens is 331 g/mol. The van der Waals surface area contributed by atoms with Crippen LogP contribution in [0.2, 0.25) is 10.0 Å². The fraction of sp³-hybridized carbons (Fsp3) is 0.0714. The standard InChI is InChI=1S/C14H10Cl2N2O2S/c1-9-5-6-12(15)14(13(9)16)18-21(19,20)11-4-2-3-10(7-11)8-17/h2-7,18H,1H3. The molecule has 0 aliphatic rings. The smallest absolute Gasteiger partial charge is 0.262 e. The van der Waals surface area contributed by atoms with Gasteiger partial charge < -0.3 is 0 Å². The Kier molecular flexibility index (Phi) is 4.43. The van der Waals surface area contributed by atoms with Crippen molar-refractivity contribution in [3.63, 3.8) is 0 Å². The summed E-state index contributed by atoms with van der Waals surface area (Å²) in [5, 5.41) is 9.27. The molecule has 7 heteroatoms. The molecule has 1 N–H and O–H groups in total. The van der Waals surface area contributed by atoms with E-state index in [9.17, 15) is 8.42 Å². The van der Waals surface area contributed by atoms with Crippen LogP contribution in [0, 0.1) is 18.3 Å². The number of rotatable bonds is 3. The summed E-state index contributed by atoms with van der Waals surface area (Å²) in [7, 11) is -3.88. The number of anilines is 1. The van der Waals surface area contributed by atoms with Crippen LogP contribution in [0.5, 0.6) is 0 Å². The molecule has 0 aromatic heterocycles.